The summed E-state index contributed by atoms with van der Waals surface area (Å²) in [7, 11) is 0. The maximum atomic E-state index is 14.3. The molecule has 1 unspecified atom stereocenters. The lowest BCUT2D eigenvalue weighted by Crippen LogP contribution is -2.49. The van der Waals surface area contributed by atoms with E-state index in [0.717, 1.165) is 24.3 Å². The van der Waals surface area contributed by atoms with Gasteiger partial charge in [0.15, 0.2) is 0 Å². The van der Waals surface area contributed by atoms with E-state index >= 15 is 0 Å². The number of nitrogens with zero attached hydrogens (tertiary/aromatic N) is 5. The van der Waals surface area contributed by atoms with Gasteiger partial charge in [-0.25, -0.2) is 23.2 Å². The molecule has 202 valence electrons. The maximum absolute atomic E-state index is 14.3. The highest BCUT2D eigenvalue weighted by atomic mass is 19.1. The van der Waals surface area contributed by atoms with Crippen LogP contribution in [0.3, 0.4) is 0 Å². The Morgan fingerprint density at radius 2 is 1.56 bits per heavy atom. The summed E-state index contributed by atoms with van der Waals surface area (Å²) < 4.78 is 22.4. The van der Waals surface area contributed by atoms with E-state index in [-0.39, 0.29) is 17.5 Å². The fraction of sp³-hybridized carbons (Fsp3) is 0.300. The van der Waals surface area contributed by atoms with Gasteiger partial charge in [0.2, 0.25) is 0 Å². The largest absolute Gasteiger partial charge is 0.465 e. The van der Waals surface area contributed by atoms with Crippen LogP contribution in [-0.2, 0) is 9.53 Å². The van der Waals surface area contributed by atoms with E-state index in [0.29, 0.717) is 30.9 Å². The van der Waals surface area contributed by atoms with Gasteiger partial charge >= 0.3 is 11.7 Å². The molecule has 2 heterocycles. The summed E-state index contributed by atoms with van der Waals surface area (Å²) in [6.07, 6.45) is 1.46. The van der Waals surface area contributed by atoms with Crippen LogP contribution in [0.15, 0.2) is 90.0 Å². The molecule has 2 atom stereocenters. The molecule has 1 aromatic heterocycles. The molecule has 1 fully saturated rings. The lowest BCUT2D eigenvalue weighted by molar-refractivity contribution is -0.150. The Morgan fingerprint density at radius 1 is 0.923 bits per heavy atom. The Labute approximate surface area is 226 Å². The normalized spacial score (nSPS) is 15.6. The molecular weight excluding hydrogens is 497 g/mol. The second kappa shape index (κ2) is 11.7. The van der Waals surface area contributed by atoms with Gasteiger partial charge in [-0.2, -0.15) is 5.10 Å². The van der Waals surface area contributed by atoms with Crippen molar-refractivity contribution in [2.45, 2.75) is 25.9 Å². The number of carbonyl (C=O) groups excluding carboxylic acids is 1. The smallest absolute Gasteiger partial charge is 0.350 e. The molecule has 1 aliphatic rings. The number of hydrogen-bond acceptors (Lipinski definition) is 6. The standard InChI is InChI=1S/C30H32FN5O3/c1-3-39-29(37)28(23-9-5-4-6-10-23)34-19-17-33(18-20-34)24-13-15-25(16-14-24)35-21-32-36(30(35)38)22(2)26-11-7-8-12-27(26)31/h4-16,21-22,28H,3,17-20H2,1-2H3/t22-,28?/m1/s1. The molecule has 0 radical (unpaired) electrons. The molecule has 1 aliphatic heterocycles. The highest BCUT2D eigenvalue weighted by Gasteiger charge is 2.31. The van der Waals surface area contributed by atoms with Crippen LogP contribution in [0.5, 0.6) is 0 Å². The summed E-state index contributed by atoms with van der Waals surface area (Å²) in [6, 6.07) is 22.9. The molecule has 3 aromatic carbocycles. The third-order valence-corrected chi connectivity index (χ3v) is 7.21. The molecule has 0 bridgehead atoms. The van der Waals surface area contributed by atoms with Crippen molar-refractivity contribution in [3.8, 4) is 5.69 Å². The SMILES string of the molecule is CCOC(=O)C(c1ccccc1)N1CCN(c2ccc(-n3cnn([C@H](C)c4ccccc4F)c3=O)cc2)CC1. The molecule has 5 rings (SSSR count). The number of anilines is 1. The second-order valence-electron chi connectivity index (χ2n) is 9.53. The van der Waals surface area contributed by atoms with E-state index in [1.807, 2.05) is 61.5 Å². The van der Waals surface area contributed by atoms with Gasteiger partial charge in [0.05, 0.1) is 18.3 Å². The van der Waals surface area contributed by atoms with Gasteiger partial charge in [-0.1, -0.05) is 48.5 Å². The average molecular weight is 530 g/mol. The monoisotopic (exact) mass is 529 g/mol. The van der Waals surface area contributed by atoms with Crippen LogP contribution in [0, 0.1) is 5.82 Å². The summed E-state index contributed by atoms with van der Waals surface area (Å²) in [5.41, 5.74) is 2.73. The van der Waals surface area contributed by atoms with Gasteiger partial charge in [-0.15, -0.1) is 0 Å². The number of aromatic nitrogens is 3. The van der Waals surface area contributed by atoms with Crippen LogP contribution in [0.25, 0.3) is 5.69 Å². The maximum Gasteiger partial charge on any atom is 0.350 e. The molecule has 9 heteroatoms. The van der Waals surface area contributed by atoms with E-state index in [1.54, 1.807) is 25.1 Å². The summed E-state index contributed by atoms with van der Waals surface area (Å²) in [4.78, 5) is 30.3. The third-order valence-electron chi connectivity index (χ3n) is 7.21. The predicted molar refractivity (Wildman–Crippen MR) is 148 cm³/mol. The Hall–Kier alpha value is -4.24. The Bertz CT molecular complexity index is 1460. The van der Waals surface area contributed by atoms with Crippen LogP contribution < -0.4 is 10.6 Å². The number of piperazine rings is 1. The predicted octanol–water partition coefficient (Wildman–Crippen LogP) is 4.21. The van der Waals surface area contributed by atoms with Crippen molar-refractivity contribution < 1.29 is 13.9 Å². The van der Waals surface area contributed by atoms with Crippen LogP contribution in [0.4, 0.5) is 10.1 Å². The molecule has 0 aliphatic carbocycles. The fourth-order valence-electron chi connectivity index (χ4n) is 5.12. The Morgan fingerprint density at radius 3 is 2.23 bits per heavy atom. The zero-order chi connectivity index (χ0) is 27.4. The lowest BCUT2D eigenvalue weighted by Gasteiger charge is -2.39. The fourth-order valence-corrected chi connectivity index (χ4v) is 5.12. The number of rotatable bonds is 8. The van der Waals surface area contributed by atoms with Gasteiger partial charge in [0.1, 0.15) is 18.2 Å². The first kappa shape index (κ1) is 26.4. The second-order valence-corrected chi connectivity index (χ2v) is 9.53. The lowest BCUT2D eigenvalue weighted by atomic mass is 10.0. The topological polar surface area (TPSA) is 72.6 Å². The summed E-state index contributed by atoms with van der Waals surface area (Å²) in [6.45, 7) is 6.84. The van der Waals surface area contributed by atoms with Gasteiger partial charge < -0.3 is 9.64 Å². The van der Waals surface area contributed by atoms with E-state index in [4.69, 9.17) is 4.74 Å². The highest BCUT2D eigenvalue weighted by molar-refractivity contribution is 5.77. The van der Waals surface area contributed by atoms with E-state index in [1.165, 1.54) is 21.6 Å². The van der Waals surface area contributed by atoms with Crippen LogP contribution in [-0.4, -0.2) is 58.0 Å². The zero-order valence-corrected chi connectivity index (χ0v) is 22.1. The number of hydrogen-bond donors (Lipinski definition) is 0. The van der Waals surface area contributed by atoms with Crippen LogP contribution >= 0.6 is 0 Å². The zero-order valence-electron chi connectivity index (χ0n) is 22.1. The summed E-state index contributed by atoms with van der Waals surface area (Å²) in [5.74, 6) is -0.593. The van der Waals surface area contributed by atoms with Gasteiger partial charge in [-0.3, -0.25) is 4.90 Å². The van der Waals surface area contributed by atoms with Gasteiger partial charge in [0, 0.05) is 37.4 Å². The number of carbonyl (C=O) groups is 1. The van der Waals surface area contributed by atoms with E-state index < -0.39 is 12.1 Å². The number of esters is 1. The molecule has 0 saturated carbocycles. The minimum Gasteiger partial charge on any atom is -0.465 e. The molecule has 8 nitrogen and oxygen atoms in total. The van der Waals surface area contributed by atoms with Gasteiger partial charge in [0.25, 0.3) is 0 Å². The van der Waals surface area contributed by atoms with Crippen molar-refractivity contribution in [1.29, 1.82) is 0 Å². The Balaban J connectivity index is 1.27. The molecule has 4 aromatic rings. The minimum atomic E-state index is -0.537. The van der Waals surface area contributed by atoms with E-state index in [2.05, 4.69) is 14.9 Å². The quantitative estimate of drug-likeness (QED) is 0.319. The molecular formula is C30H32FN5O3. The van der Waals surface area contributed by atoms with E-state index in [9.17, 15) is 14.0 Å². The first-order chi connectivity index (χ1) is 19.0. The van der Waals surface area contributed by atoms with Crippen LogP contribution in [0.1, 0.15) is 37.1 Å². The highest BCUT2D eigenvalue weighted by Crippen LogP contribution is 2.26. The number of benzene rings is 3. The summed E-state index contributed by atoms with van der Waals surface area (Å²) >= 11 is 0. The number of ether oxygens (including phenoxy) is 1. The summed E-state index contributed by atoms with van der Waals surface area (Å²) in [5, 5.41) is 4.25. The molecule has 0 N–H and O–H groups in total. The van der Waals surface area contributed by atoms with Crippen molar-refractivity contribution in [3.05, 3.63) is 113 Å². The van der Waals surface area contributed by atoms with Crippen molar-refractivity contribution in [2.75, 3.05) is 37.7 Å². The molecule has 1 saturated heterocycles. The minimum absolute atomic E-state index is 0.225. The Kier molecular flexibility index (Phi) is 7.88. The van der Waals surface area contributed by atoms with Crippen molar-refractivity contribution >= 4 is 11.7 Å². The molecule has 39 heavy (non-hydrogen) atoms. The average Bonchev–Trinajstić information content (AvgIpc) is 3.35. The molecule has 0 amide bonds. The van der Waals surface area contributed by atoms with Crippen molar-refractivity contribution in [3.63, 3.8) is 0 Å². The number of halogens is 1. The first-order valence-corrected chi connectivity index (χ1v) is 13.2. The van der Waals surface area contributed by atoms with Gasteiger partial charge in [-0.05, 0) is 49.7 Å². The molecule has 0 spiro atoms. The van der Waals surface area contributed by atoms with Crippen molar-refractivity contribution in [2.24, 2.45) is 0 Å². The van der Waals surface area contributed by atoms with Crippen LogP contribution in [0.2, 0.25) is 0 Å². The van der Waals surface area contributed by atoms with Crippen molar-refractivity contribution in [1.82, 2.24) is 19.2 Å². The third kappa shape index (κ3) is 5.49. The first-order valence-electron chi connectivity index (χ1n) is 13.2.